The zero-order valence-electron chi connectivity index (χ0n) is 20.7. The fraction of sp³-hybridized carbons (Fsp3) is 0.348. The van der Waals surface area contributed by atoms with Crippen LogP contribution in [0.5, 0.6) is 0 Å². The number of nitrogens with one attached hydrogen (secondary N) is 1. The van der Waals surface area contributed by atoms with E-state index in [9.17, 15) is 28.8 Å². The molecule has 1 aromatic carbocycles. The van der Waals surface area contributed by atoms with Crippen molar-refractivity contribution in [3.05, 3.63) is 52.7 Å². The van der Waals surface area contributed by atoms with E-state index in [1.54, 1.807) is 37.3 Å². The van der Waals surface area contributed by atoms with E-state index in [0.29, 0.717) is 5.30 Å². The number of hydrogen-bond acceptors (Lipinski definition) is 11. The summed E-state index contributed by atoms with van der Waals surface area (Å²) in [5.74, 6) is -3.25. The van der Waals surface area contributed by atoms with Crippen molar-refractivity contribution in [2.75, 3.05) is 18.9 Å². The van der Waals surface area contributed by atoms with Crippen molar-refractivity contribution < 1.29 is 38.4 Å². The standard InChI is InChI=1S/C23H24N5O8PS2/c1-3-36-28-23(15-11-38-22(24)25-15,37(28,34)13-7-5-4-6-8-13)21(33)26-19-14(10-35-12(2)29)18(20(31)32)27-16(30)9-17(27)39-19/h4-8,11,17,19H,3,9-10H2,1-2H3,(H2,24,25)(H,26,33)(H,31,32)/t17-,19?,23?,28?,37?/m1/s1. The summed E-state index contributed by atoms with van der Waals surface area (Å²) in [4.78, 5) is 62.6. The molecule has 1 aromatic heterocycles. The number of carbonyl (C=O) groups excluding carboxylic acids is 3. The van der Waals surface area contributed by atoms with Gasteiger partial charge in [0.1, 0.15) is 17.7 Å². The quantitative estimate of drug-likeness (QED) is 0.165. The van der Waals surface area contributed by atoms with Crippen molar-refractivity contribution in [2.24, 2.45) is 0 Å². The van der Waals surface area contributed by atoms with Crippen LogP contribution in [0.15, 0.2) is 47.0 Å². The molecule has 4 heterocycles. The number of thioether (sulfide) groups is 1. The molecule has 5 atom stereocenters. The normalized spacial score (nSPS) is 29.3. The lowest BCUT2D eigenvalue weighted by molar-refractivity contribution is -0.146. The van der Waals surface area contributed by atoms with Crippen LogP contribution in [-0.2, 0) is 38.6 Å². The molecule has 0 bridgehead atoms. The molecule has 2 amide bonds. The maximum Gasteiger partial charge on any atom is 0.352 e. The monoisotopic (exact) mass is 593 g/mol. The highest BCUT2D eigenvalue weighted by molar-refractivity contribution is 8.00. The Hall–Kier alpha value is -3.23. The summed E-state index contributed by atoms with van der Waals surface area (Å²) in [6, 6.07) is 8.37. The summed E-state index contributed by atoms with van der Waals surface area (Å²) in [6.07, 6.45) is 0.0655. The fourth-order valence-corrected chi connectivity index (χ4v) is 10.1. The first-order valence-corrected chi connectivity index (χ1v) is 15.2. The summed E-state index contributed by atoms with van der Waals surface area (Å²) in [7, 11) is -3.78. The van der Waals surface area contributed by atoms with Crippen molar-refractivity contribution in [1.82, 2.24) is 20.0 Å². The number of benzene rings is 1. The summed E-state index contributed by atoms with van der Waals surface area (Å²) in [6.45, 7) is 2.46. The van der Waals surface area contributed by atoms with Crippen LogP contribution in [0.3, 0.4) is 0 Å². The van der Waals surface area contributed by atoms with Crippen molar-refractivity contribution in [2.45, 2.75) is 36.3 Å². The molecule has 39 heavy (non-hydrogen) atoms. The van der Waals surface area contributed by atoms with E-state index in [2.05, 4.69) is 10.3 Å². The molecule has 13 nitrogen and oxygen atoms in total. The Morgan fingerprint density at radius 3 is 2.59 bits per heavy atom. The Bertz CT molecular complexity index is 1450. The van der Waals surface area contributed by atoms with E-state index in [-0.39, 0.29) is 35.1 Å². The molecule has 5 rings (SSSR count). The minimum absolute atomic E-state index is 0.00597. The molecule has 0 saturated carbocycles. The number of nitrogens with zero attached hydrogens (tertiary/aromatic N) is 3. The number of ether oxygens (including phenoxy) is 1. The Labute approximate surface area is 230 Å². The van der Waals surface area contributed by atoms with E-state index in [1.165, 1.54) is 5.38 Å². The zero-order chi connectivity index (χ0) is 28.1. The fourth-order valence-electron chi connectivity index (χ4n) is 4.73. The number of amides is 2. The lowest BCUT2D eigenvalue weighted by Crippen LogP contribution is -2.58. The molecule has 3 aliphatic heterocycles. The topological polar surface area (TPSA) is 181 Å². The van der Waals surface area contributed by atoms with Crippen molar-refractivity contribution >= 4 is 64.6 Å². The lowest BCUT2D eigenvalue weighted by atomic mass is 10.1. The number of hydrogen-bond donors (Lipinski definition) is 3. The average Bonchev–Trinajstić information content (AvgIpc) is 3.16. The van der Waals surface area contributed by atoms with Crippen molar-refractivity contribution in [3.8, 4) is 0 Å². The van der Waals surface area contributed by atoms with Gasteiger partial charge in [0, 0.05) is 23.2 Å². The average molecular weight is 594 g/mol. The van der Waals surface area contributed by atoms with Gasteiger partial charge < -0.3 is 20.9 Å². The smallest absolute Gasteiger partial charge is 0.352 e. The summed E-state index contributed by atoms with van der Waals surface area (Å²) >= 11 is 2.18. The molecule has 2 aromatic rings. The number of fused-ring (bicyclic) bond motifs is 1. The molecule has 206 valence electrons. The third-order valence-electron chi connectivity index (χ3n) is 6.44. The van der Waals surface area contributed by atoms with E-state index in [1.807, 2.05) is 0 Å². The Kier molecular flexibility index (Phi) is 7.06. The van der Waals surface area contributed by atoms with Crippen LogP contribution in [0.25, 0.3) is 0 Å². The number of nitrogen functional groups attached to an aromatic ring is 1. The molecule has 0 radical (unpaired) electrons. The molecule has 0 aliphatic carbocycles. The van der Waals surface area contributed by atoms with Gasteiger partial charge in [-0.1, -0.05) is 35.2 Å². The number of thiazole rings is 1. The van der Waals surface area contributed by atoms with Gasteiger partial charge in [0.2, 0.25) is 18.5 Å². The number of esters is 1. The molecule has 4 N–H and O–H groups in total. The number of carboxylic acid groups (broad SMARTS) is 1. The van der Waals surface area contributed by atoms with E-state index < -0.39 is 53.7 Å². The number of nitrogens with two attached hydrogens (primary N) is 1. The van der Waals surface area contributed by atoms with E-state index in [4.69, 9.17) is 15.3 Å². The predicted molar refractivity (Wildman–Crippen MR) is 141 cm³/mol. The molecular weight excluding hydrogens is 569 g/mol. The Morgan fingerprint density at radius 2 is 2.03 bits per heavy atom. The van der Waals surface area contributed by atoms with Crippen LogP contribution in [-0.4, -0.2) is 67.5 Å². The first kappa shape index (κ1) is 27.3. The molecule has 0 spiro atoms. The Balaban J connectivity index is 1.60. The van der Waals surface area contributed by atoms with E-state index in [0.717, 1.165) is 39.8 Å². The maximum atomic E-state index is 14.7. The third-order valence-corrected chi connectivity index (χ3v) is 11.7. The van der Waals surface area contributed by atoms with Crippen LogP contribution in [0, 0.1) is 0 Å². The second kappa shape index (κ2) is 10.1. The number of carbonyl (C=O) groups is 4. The lowest BCUT2D eigenvalue weighted by Gasteiger charge is -2.46. The molecule has 2 fully saturated rings. The van der Waals surface area contributed by atoms with Gasteiger partial charge in [-0.3, -0.25) is 28.7 Å². The highest BCUT2D eigenvalue weighted by atomic mass is 32.2. The van der Waals surface area contributed by atoms with Crippen molar-refractivity contribution in [1.29, 1.82) is 0 Å². The number of hydroxylamine groups is 1. The molecular formula is C23H24N5O8PS2. The highest BCUT2D eigenvalue weighted by Gasteiger charge is 2.83. The van der Waals surface area contributed by atoms with Gasteiger partial charge in [-0.05, 0) is 6.92 Å². The van der Waals surface area contributed by atoms with Gasteiger partial charge in [0.25, 0.3) is 5.91 Å². The summed E-state index contributed by atoms with van der Waals surface area (Å²) in [5, 5.41) is 11.3. The highest BCUT2D eigenvalue weighted by Crippen LogP contribution is 2.84. The minimum atomic E-state index is -3.78. The van der Waals surface area contributed by atoms with Gasteiger partial charge >= 0.3 is 11.9 Å². The molecule has 4 unspecified atom stereocenters. The van der Waals surface area contributed by atoms with Crippen molar-refractivity contribution in [3.63, 3.8) is 0 Å². The van der Waals surface area contributed by atoms with Crippen LogP contribution in [0.4, 0.5) is 5.13 Å². The Morgan fingerprint density at radius 1 is 1.31 bits per heavy atom. The second-order valence-corrected chi connectivity index (χ2v) is 13.6. The van der Waals surface area contributed by atoms with Crippen LogP contribution in [0.2, 0.25) is 0 Å². The summed E-state index contributed by atoms with van der Waals surface area (Å²) in [5.41, 5.74) is 5.65. The minimum Gasteiger partial charge on any atom is -0.477 e. The summed E-state index contributed by atoms with van der Waals surface area (Å²) < 4.78 is 19.8. The third kappa shape index (κ3) is 4.16. The van der Waals surface area contributed by atoms with Crippen LogP contribution in [0.1, 0.15) is 26.0 Å². The number of aromatic nitrogens is 1. The van der Waals surface area contributed by atoms with Gasteiger partial charge in [0.05, 0.1) is 24.1 Å². The van der Waals surface area contributed by atoms with Crippen LogP contribution >= 0.6 is 30.4 Å². The number of carboxylic acids is 1. The SMILES string of the molecule is CCON1C(C(=O)NC2S[C@@H]3CC(=O)N3C(C(=O)O)=C2COC(C)=O)(c2csc(N)n2)P1(=O)c1ccccc1. The zero-order valence-corrected chi connectivity index (χ0v) is 23.3. The van der Waals surface area contributed by atoms with Crippen LogP contribution < -0.4 is 16.4 Å². The first-order chi connectivity index (χ1) is 18.6. The first-order valence-electron chi connectivity index (χ1n) is 11.8. The van der Waals surface area contributed by atoms with Gasteiger partial charge in [-0.2, -0.15) is 0 Å². The molecule has 2 saturated heterocycles. The van der Waals surface area contributed by atoms with Gasteiger partial charge in [0.15, 0.2) is 5.13 Å². The number of rotatable bonds is 9. The van der Waals surface area contributed by atoms with Gasteiger partial charge in [-0.25, -0.2) is 9.78 Å². The number of anilines is 1. The second-order valence-electron chi connectivity index (χ2n) is 8.72. The molecule has 16 heteroatoms. The predicted octanol–water partition coefficient (Wildman–Crippen LogP) is 1.40. The molecule has 3 aliphatic rings. The number of aliphatic carboxylic acids is 1. The van der Waals surface area contributed by atoms with E-state index >= 15 is 0 Å². The van der Waals surface area contributed by atoms with Gasteiger partial charge in [-0.15, -0.1) is 23.1 Å². The maximum absolute atomic E-state index is 14.7. The largest absolute Gasteiger partial charge is 0.477 e. The number of β-lactam (4-membered cyclic amide) rings is 1.